The minimum Gasteiger partial charge on any atom is -0.380 e. The first kappa shape index (κ1) is 30.3. The van der Waals surface area contributed by atoms with Gasteiger partial charge in [-0.1, -0.05) is 164 Å². The van der Waals surface area contributed by atoms with Crippen LogP contribution in [0.1, 0.15) is 50.1 Å². The topological polar surface area (TPSA) is 60.7 Å². The van der Waals surface area contributed by atoms with Gasteiger partial charge >= 0.3 is 0 Å². The Balaban J connectivity index is 1.39. The minimum atomic E-state index is -1.44. The van der Waals surface area contributed by atoms with Crippen molar-refractivity contribution in [1.29, 1.82) is 0 Å². The molecule has 0 unspecified atom stereocenters. The van der Waals surface area contributed by atoms with Crippen LogP contribution in [0.5, 0.6) is 0 Å². The lowest BCUT2D eigenvalue weighted by Gasteiger charge is -2.34. The van der Waals surface area contributed by atoms with Crippen molar-refractivity contribution in [2.75, 3.05) is 0 Å². The predicted molar refractivity (Wildman–Crippen MR) is 202 cm³/mol. The second-order valence-corrected chi connectivity index (χ2v) is 14.5. The van der Waals surface area contributed by atoms with Crippen molar-refractivity contribution in [1.82, 2.24) is 0 Å². The molecule has 3 nitrogen and oxygen atoms in total. The summed E-state index contributed by atoms with van der Waals surface area (Å²) in [5.74, 6) is 0. The van der Waals surface area contributed by atoms with E-state index in [1.54, 1.807) is 0 Å². The van der Waals surface area contributed by atoms with Gasteiger partial charge in [0.15, 0.2) is 0 Å². The fraction of sp³-hybridized carbons (Fsp3) is 0.125. The van der Waals surface area contributed by atoms with Gasteiger partial charge < -0.3 is 15.3 Å². The molecule has 246 valence electrons. The fourth-order valence-corrected chi connectivity index (χ4v) is 9.61. The normalized spacial score (nSPS) is 21.7. The molecule has 0 aliphatic heterocycles. The number of fused-ring (bicyclic) bond motifs is 12. The Bertz CT molecular complexity index is 2190. The van der Waals surface area contributed by atoms with E-state index in [0.29, 0.717) is 19.3 Å². The second-order valence-electron chi connectivity index (χ2n) is 14.5. The Hall–Kier alpha value is -5.58. The molecule has 0 fully saturated rings. The highest BCUT2D eigenvalue weighted by atomic mass is 16.3. The van der Waals surface area contributed by atoms with Crippen molar-refractivity contribution in [2.45, 2.75) is 36.1 Å². The van der Waals surface area contributed by atoms with Gasteiger partial charge in [-0.2, -0.15) is 0 Å². The van der Waals surface area contributed by atoms with Crippen molar-refractivity contribution in [3.8, 4) is 33.4 Å². The monoisotopic (exact) mass is 660 g/mol. The predicted octanol–water partition coefficient (Wildman–Crippen LogP) is 9.06. The average Bonchev–Trinajstić information content (AvgIpc) is 3.68. The van der Waals surface area contributed by atoms with Crippen LogP contribution in [0.3, 0.4) is 0 Å². The Morgan fingerprint density at radius 3 is 0.804 bits per heavy atom. The van der Waals surface area contributed by atoms with Crippen LogP contribution < -0.4 is 0 Å². The van der Waals surface area contributed by atoms with Crippen molar-refractivity contribution in [3.63, 3.8) is 0 Å². The molecule has 7 aromatic rings. The Morgan fingerprint density at radius 2 is 0.529 bits per heavy atom. The summed E-state index contributed by atoms with van der Waals surface area (Å²) in [6.07, 6.45) is 1.02. The van der Waals surface area contributed by atoms with Crippen LogP contribution in [0.2, 0.25) is 0 Å². The van der Waals surface area contributed by atoms with Crippen LogP contribution >= 0.6 is 0 Å². The average molecular weight is 661 g/mol. The van der Waals surface area contributed by atoms with Gasteiger partial charge in [0.25, 0.3) is 0 Å². The molecule has 3 atom stereocenters. The third kappa shape index (κ3) is 4.17. The van der Waals surface area contributed by atoms with Crippen LogP contribution in [0, 0.1) is 0 Å². The van der Waals surface area contributed by atoms with Crippen molar-refractivity contribution in [3.05, 3.63) is 214 Å². The molecule has 0 aromatic heterocycles. The highest BCUT2D eigenvalue weighted by Gasteiger charge is 2.57. The van der Waals surface area contributed by atoms with Crippen molar-refractivity contribution in [2.24, 2.45) is 0 Å². The van der Waals surface area contributed by atoms with E-state index >= 15 is 0 Å². The van der Waals surface area contributed by atoms with E-state index < -0.39 is 16.8 Å². The number of hydrogen-bond acceptors (Lipinski definition) is 3. The lowest BCUT2D eigenvalue weighted by Crippen LogP contribution is -2.33. The van der Waals surface area contributed by atoms with Crippen LogP contribution in [0.4, 0.5) is 0 Å². The summed E-state index contributed by atoms with van der Waals surface area (Å²) >= 11 is 0. The van der Waals surface area contributed by atoms with E-state index in [2.05, 4.69) is 54.6 Å². The molecule has 51 heavy (non-hydrogen) atoms. The molecular formula is C48H36O3. The summed E-state index contributed by atoms with van der Waals surface area (Å²) in [6, 6.07) is 54.8. The third-order valence-electron chi connectivity index (χ3n) is 11.6. The minimum absolute atomic E-state index is 0.340. The first-order valence-electron chi connectivity index (χ1n) is 17.8. The van der Waals surface area contributed by atoms with E-state index in [9.17, 15) is 15.3 Å². The summed E-state index contributed by atoms with van der Waals surface area (Å²) in [5, 5.41) is 40.6. The zero-order valence-electron chi connectivity index (χ0n) is 28.1. The van der Waals surface area contributed by atoms with Gasteiger partial charge in [0, 0.05) is 36.0 Å². The zero-order chi connectivity index (χ0) is 34.4. The van der Waals surface area contributed by atoms with Gasteiger partial charge in [-0.3, -0.25) is 0 Å². The third-order valence-corrected chi connectivity index (χ3v) is 11.6. The van der Waals surface area contributed by atoms with Gasteiger partial charge in [-0.15, -0.1) is 0 Å². The maximum atomic E-state index is 13.5. The molecule has 7 aromatic carbocycles. The van der Waals surface area contributed by atoms with Gasteiger partial charge in [0.1, 0.15) is 16.8 Å². The summed E-state index contributed by atoms with van der Waals surface area (Å²) in [5.41, 5.74) is 8.76. The molecule has 3 aliphatic carbocycles. The SMILES string of the molecule is O[C@]1(Cc2ccccc2)c2ccccc2-c2c1c1c(c3c2[C@@](O)(Cc2ccccc2)c2ccccc2-3)[C@@](O)(Cc2ccccc2)c2ccccc2-1. The highest BCUT2D eigenvalue weighted by molar-refractivity contribution is 6.04. The molecule has 0 amide bonds. The van der Waals surface area contributed by atoms with E-state index in [4.69, 9.17) is 0 Å². The van der Waals surface area contributed by atoms with Gasteiger partial charge in [-0.05, 0) is 66.8 Å². The molecule has 0 saturated heterocycles. The molecule has 0 saturated carbocycles. The maximum Gasteiger partial charge on any atom is 0.120 e. The molecule has 3 heteroatoms. The van der Waals surface area contributed by atoms with E-state index in [1.165, 1.54) is 0 Å². The Kier molecular flexibility index (Phi) is 6.50. The lowest BCUT2D eigenvalue weighted by atomic mass is 9.74. The molecule has 0 spiro atoms. The zero-order valence-corrected chi connectivity index (χ0v) is 28.1. The highest BCUT2D eigenvalue weighted by Crippen LogP contribution is 2.67. The summed E-state index contributed by atoms with van der Waals surface area (Å²) < 4.78 is 0. The summed E-state index contributed by atoms with van der Waals surface area (Å²) in [7, 11) is 0. The van der Waals surface area contributed by atoms with Crippen LogP contribution in [-0.2, 0) is 36.1 Å². The molecular weight excluding hydrogens is 625 g/mol. The molecule has 0 radical (unpaired) electrons. The van der Waals surface area contributed by atoms with Gasteiger partial charge in [-0.25, -0.2) is 0 Å². The standard InChI is InChI=1S/C48H36O3/c49-46(28-31-16-4-1-5-17-31)37-25-13-10-22-34(37)40-43(46)41-35-23-11-14-26-38(35)47(50,29-32-18-6-2-7-19-32)45(41)42-36-24-12-15-27-39(36)48(51,44(40)42)30-33-20-8-3-9-21-33/h1-27,49-51H,28-30H2/t46-,47-,48-/m1/s1. The first-order valence-corrected chi connectivity index (χ1v) is 17.8. The maximum absolute atomic E-state index is 13.5. The van der Waals surface area contributed by atoms with Crippen molar-refractivity contribution < 1.29 is 15.3 Å². The molecule has 10 rings (SSSR count). The molecule has 3 aliphatic rings. The van der Waals surface area contributed by atoms with E-state index in [1.807, 2.05) is 109 Å². The largest absolute Gasteiger partial charge is 0.380 e. The van der Waals surface area contributed by atoms with E-state index in [0.717, 1.165) is 83.5 Å². The number of hydrogen-bond donors (Lipinski definition) is 3. The van der Waals surface area contributed by atoms with E-state index in [-0.39, 0.29) is 0 Å². The fourth-order valence-electron chi connectivity index (χ4n) is 9.61. The molecule has 0 heterocycles. The van der Waals surface area contributed by atoms with Gasteiger partial charge in [0.2, 0.25) is 0 Å². The number of aliphatic hydroxyl groups is 3. The first-order chi connectivity index (χ1) is 24.9. The van der Waals surface area contributed by atoms with Crippen molar-refractivity contribution >= 4 is 0 Å². The second kappa shape index (κ2) is 11.0. The van der Waals surface area contributed by atoms with Crippen LogP contribution in [-0.4, -0.2) is 15.3 Å². The Morgan fingerprint density at radius 1 is 0.294 bits per heavy atom. The number of rotatable bonds is 6. The van der Waals surface area contributed by atoms with Crippen LogP contribution in [0.25, 0.3) is 33.4 Å². The lowest BCUT2D eigenvalue weighted by molar-refractivity contribution is 0.0784. The number of benzene rings is 7. The molecule has 0 bridgehead atoms. The molecule has 3 N–H and O–H groups in total. The van der Waals surface area contributed by atoms with Crippen LogP contribution in [0.15, 0.2) is 164 Å². The smallest absolute Gasteiger partial charge is 0.120 e. The summed E-state index contributed by atoms with van der Waals surface area (Å²) in [6.45, 7) is 0. The quantitative estimate of drug-likeness (QED) is 0.167. The summed E-state index contributed by atoms with van der Waals surface area (Å²) in [4.78, 5) is 0. The van der Waals surface area contributed by atoms with Gasteiger partial charge in [0.05, 0.1) is 0 Å². The Labute approximate surface area is 297 Å².